The number of likely N-dealkylation sites (tertiary alicyclic amines) is 1. The van der Waals surface area contributed by atoms with Crippen LogP contribution in [-0.2, 0) is 23.9 Å². The average Bonchev–Trinajstić information content (AvgIpc) is 3.01. The Kier molecular flexibility index (Phi) is 7.09. The lowest BCUT2D eigenvalue weighted by atomic mass is 9.85. The van der Waals surface area contributed by atoms with Crippen LogP contribution in [0.25, 0.3) is 0 Å². The third kappa shape index (κ3) is 5.13. The fraction of sp³-hybridized carbons (Fsp3) is 0.478. The topological polar surface area (TPSA) is 102 Å². The van der Waals surface area contributed by atoms with Crippen LogP contribution in [-0.4, -0.2) is 48.3 Å². The molecule has 166 valence electrons. The van der Waals surface area contributed by atoms with Crippen molar-refractivity contribution in [2.45, 2.75) is 39.2 Å². The Morgan fingerprint density at radius 3 is 2.16 bits per heavy atom. The maximum Gasteiger partial charge on any atom is 0.343 e. The number of hydrogen-bond acceptors (Lipinski definition) is 6. The molecule has 0 aromatic heterocycles. The summed E-state index contributed by atoms with van der Waals surface area (Å²) in [6.07, 6.45) is 5.31. The zero-order chi connectivity index (χ0) is 22.5. The minimum atomic E-state index is -0.860. The largest absolute Gasteiger partial charge is 0.482 e. The number of nitrogens with one attached hydrogen (secondary N) is 1. The average molecular weight is 428 g/mol. The predicted octanol–water partition coefficient (Wildman–Crippen LogP) is 2.54. The molecule has 1 saturated heterocycles. The van der Waals surface area contributed by atoms with Gasteiger partial charge in [0.1, 0.15) is 11.8 Å². The van der Waals surface area contributed by atoms with Crippen molar-refractivity contribution in [3.8, 4) is 5.75 Å². The lowest BCUT2D eigenvalue weighted by Crippen LogP contribution is -2.48. The molecule has 1 aromatic rings. The van der Waals surface area contributed by atoms with Gasteiger partial charge in [-0.25, -0.2) is 4.79 Å². The number of ether oxygens (including phenoxy) is 2. The van der Waals surface area contributed by atoms with Crippen LogP contribution < -0.4 is 10.1 Å². The van der Waals surface area contributed by atoms with Gasteiger partial charge in [-0.2, -0.15) is 0 Å². The number of rotatable bonds is 8. The van der Waals surface area contributed by atoms with Crippen LogP contribution in [0.5, 0.6) is 5.75 Å². The van der Waals surface area contributed by atoms with Gasteiger partial charge in [-0.15, -0.1) is 0 Å². The van der Waals surface area contributed by atoms with Gasteiger partial charge in [0.15, 0.2) is 6.61 Å². The summed E-state index contributed by atoms with van der Waals surface area (Å²) < 4.78 is 9.81. The summed E-state index contributed by atoms with van der Waals surface area (Å²) in [6.45, 7) is 3.69. The molecule has 3 amide bonds. The van der Waals surface area contributed by atoms with Crippen LogP contribution in [0.1, 0.15) is 33.1 Å². The molecule has 8 heteroatoms. The third-order valence-corrected chi connectivity index (χ3v) is 5.56. The second-order valence-corrected chi connectivity index (χ2v) is 8.23. The highest BCUT2D eigenvalue weighted by molar-refractivity contribution is 6.10. The Morgan fingerprint density at radius 1 is 1.06 bits per heavy atom. The predicted molar refractivity (Wildman–Crippen MR) is 113 cm³/mol. The van der Waals surface area contributed by atoms with Crippen LogP contribution in [0.3, 0.4) is 0 Å². The maximum atomic E-state index is 13.1. The van der Waals surface area contributed by atoms with Crippen molar-refractivity contribution in [2.24, 2.45) is 17.8 Å². The van der Waals surface area contributed by atoms with Gasteiger partial charge < -0.3 is 14.8 Å². The minimum absolute atomic E-state index is 0.117. The van der Waals surface area contributed by atoms with E-state index in [2.05, 4.69) is 10.1 Å². The summed E-state index contributed by atoms with van der Waals surface area (Å²) >= 11 is 0. The highest BCUT2D eigenvalue weighted by Crippen LogP contribution is 2.37. The van der Waals surface area contributed by atoms with E-state index in [4.69, 9.17) is 4.74 Å². The van der Waals surface area contributed by atoms with Gasteiger partial charge in [0, 0.05) is 5.69 Å². The summed E-state index contributed by atoms with van der Waals surface area (Å²) in [4.78, 5) is 51.4. The second kappa shape index (κ2) is 9.76. The number of benzene rings is 1. The monoisotopic (exact) mass is 428 g/mol. The first-order valence-corrected chi connectivity index (χ1v) is 10.4. The van der Waals surface area contributed by atoms with E-state index in [1.54, 1.807) is 24.3 Å². The number of carbonyl (C=O) groups excluding carboxylic acids is 4. The number of amides is 3. The number of allylic oxidation sites excluding steroid dienone is 2. The molecule has 3 rings (SSSR count). The van der Waals surface area contributed by atoms with Crippen molar-refractivity contribution in [2.75, 3.05) is 19.0 Å². The van der Waals surface area contributed by atoms with Crippen LogP contribution in [0.15, 0.2) is 36.4 Å². The van der Waals surface area contributed by atoms with Gasteiger partial charge in [0.05, 0.1) is 18.9 Å². The molecular formula is C23H28N2O6. The molecule has 3 unspecified atom stereocenters. The summed E-state index contributed by atoms with van der Waals surface area (Å²) in [6, 6.07) is 5.63. The molecule has 1 aliphatic heterocycles. The Hall–Kier alpha value is -3.16. The number of nitrogens with zero attached hydrogens (tertiary/aromatic N) is 1. The van der Waals surface area contributed by atoms with Crippen LogP contribution in [0, 0.1) is 17.8 Å². The second-order valence-electron chi connectivity index (χ2n) is 8.23. The van der Waals surface area contributed by atoms with Crippen LogP contribution in [0.4, 0.5) is 5.69 Å². The van der Waals surface area contributed by atoms with Crippen molar-refractivity contribution in [3.05, 3.63) is 36.4 Å². The molecule has 1 fully saturated rings. The Balaban J connectivity index is 1.71. The van der Waals surface area contributed by atoms with Crippen LogP contribution in [0.2, 0.25) is 0 Å². The molecule has 1 aliphatic carbocycles. The van der Waals surface area contributed by atoms with E-state index in [1.165, 1.54) is 12.0 Å². The molecular weight excluding hydrogens is 400 g/mol. The fourth-order valence-electron chi connectivity index (χ4n) is 3.97. The van der Waals surface area contributed by atoms with Crippen molar-refractivity contribution in [1.29, 1.82) is 0 Å². The molecule has 31 heavy (non-hydrogen) atoms. The quantitative estimate of drug-likeness (QED) is 0.388. The normalized spacial score (nSPS) is 21.1. The molecule has 0 bridgehead atoms. The maximum absolute atomic E-state index is 13.1. The smallest absolute Gasteiger partial charge is 0.343 e. The number of imide groups is 1. The molecule has 1 N–H and O–H groups in total. The molecule has 0 radical (unpaired) electrons. The van der Waals surface area contributed by atoms with Gasteiger partial charge >= 0.3 is 5.97 Å². The highest BCUT2D eigenvalue weighted by atomic mass is 16.6. The van der Waals surface area contributed by atoms with E-state index in [9.17, 15) is 19.2 Å². The Bertz CT molecular complexity index is 851. The molecule has 0 saturated carbocycles. The lowest BCUT2D eigenvalue weighted by Gasteiger charge is -2.27. The van der Waals surface area contributed by atoms with E-state index in [-0.39, 0.29) is 36.2 Å². The van der Waals surface area contributed by atoms with Crippen molar-refractivity contribution in [3.63, 3.8) is 0 Å². The number of methoxy groups -OCH3 is 1. The Labute approximate surface area is 181 Å². The number of anilines is 1. The van der Waals surface area contributed by atoms with E-state index < -0.39 is 17.9 Å². The zero-order valence-electron chi connectivity index (χ0n) is 18.0. The first-order chi connectivity index (χ1) is 14.8. The van der Waals surface area contributed by atoms with E-state index >= 15 is 0 Å². The summed E-state index contributed by atoms with van der Waals surface area (Å²) in [5, 5.41) is 2.80. The Morgan fingerprint density at radius 2 is 1.65 bits per heavy atom. The molecule has 2 aliphatic rings. The van der Waals surface area contributed by atoms with Gasteiger partial charge in [0.25, 0.3) is 0 Å². The molecule has 1 aromatic carbocycles. The molecule has 1 heterocycles. The van der Waals surface area contributed by atoms with Gasteiger partial charge in [-0.05, 0) is 49.4 Å². The lowest BCUT2D eigenvalue weighted by molar-refractivity contribution is -0.147. The zero-order valence-corrected chi connectivity index (χ0v) is 18.0. The van der Waals surface area contributed by atoms with Crippen molar-refractivity contribution < 1.29 is 28.7 Å². The SMILES string of the molecule is COC(=O)COc1ccc(NC(=O)C(CC(C)C)N2C(=O)C3CC=CCC3C2=O)cc1. The number of fused-ring (bicyclic) bond motifs is 1. The molecule has 0 spiro atoms. The molecule has 3 atom stereocenters. The fourth-order valence-corrected chi connectivity index (χ4v) is 3.97. The van der Waals surface area contributed by atoms with Crippen molar-refractivity contribution >= 4 is 29.4 Å². The van der Waals surface area contributed by atoms with Crippen molar-refractivity contribution in [1.82, 2.24) is 4.90 Å². The summed E-state index contributed by atoms with van der Waals surface area (Å²) in [7, 11) is 1.28. The third-order valence-electron chi connectivity index (χ3n) is 5.56. The van der Waals surface area contributed by atoms with Crippen LogP contribution >= 0.6 is 0 Å². The number of esters is 1. The van der Waals surface area contributed by atoms with Gasteiger partial charge in [0.2, 0.25) is 17.7 Å². The van der Waals surface area contributed by atoms with E-state index in [0.717, 1.165) is 0 Å². The van der Waals surface area contributed by atoms with Gasteiger partial charge in [-0.3, -0.25) is 19.3 Å². The molecule has 8 nitrogen and oxygen atoms in total. The first kappa shape index (κ1) is 22.5. The first-order valence-electron chi connectivity index (χ1n) is 10.4. The standard InChI is InChI=1S/C23H28N2O6/c1-14(2)12-19(25-22(28)17-6-4-5-7-18(17)23(25)29)21(27)24-15-8-10-16(11-9-15)31-13-20(26)30-3/h4-5,8-11,14,17-19H,6-7,12-13H2,1-3H3,(H,24,27). The van der Waals surface area contributed by atoms with Gasteiger partial charge in [-0.1, -0.05) is 26.0 Å². The van der Waals surface area contributed by atoms with E-state index in [0.29, 0.717) is 30.7 Å². The minimum Gasteiger partial charge on any atom is -0.482 e. The number of hydrogen-bond donors (Lipinski definition) is 1. The number of carbonyl (C=O) groups is 4. The summed E-state index contributed by atoms with van der Waals surface area (Å²) in [5.74, 6) is -1.58. The highest BCUT2D eigenvalue weighted by Gasteiger charge is 2.51. The summed E-state index contributed by atoms with van der Waals surface area (Å²) in [5.41, 5.74) is 0.502. The van der Waals surface area contributed by atoms with E-state index in [1.807, 2.05) is 26.0 Å².